The maximum atomic E-state index is 12.9. The van der Waals surface area contributed by atoms with Crippen molar-refractivity contribution < 1.29 is 27.5 Å². The minimum absolute atomic E-state index is 0.0990. The van der Waals surface area contributed by atoms with Crippen LogP contribution in [-0.4, -0.2) is 64.2 Å². The second-order valence-electron chi connectivity index (χ2n) is 7.53. The molecule has 2 amide bonds. The van der Waals surface area contributed by atoms with Gasteiger partial charge in [0, 0.05) is 30.9 Å². The molecule has 0 radical (unpaired) electrons. The topological polar surface area (TPSA) is 105 Å². The fraction of sp³-hybridized carbons (Fsp3) is 0.391. The van der Waals surface area contributed by atoms with E-state index in [2.05, 4.69) is 5.32 Å². The van der Waals surface area contributed by atoms with E-state index < -0.39 is 10.0 Å². The van der Waals surface area contributed by atoms with Crippen LogP contribution in [0.25, 0.3) is 0 Å². The third kappa shape index (κ3) is 5.95. The Balaban J connectivity index is 1.66. The molecule has 1 heterocycles. The molecule has 3 rings (SSSR count). The smallest absolute Gasteiger partial charge is 0.254 e. The first kappa shape index (κ1) is 24.4. The van der Waals surface area contributed by atoms with Gasteiger partial charge in [-0.3, -0.25) is 13.9 Å². The number of nitrogens with zero attached hydrogens (tertiary/aromatic N) is 2. The standard InChI is InChI=1S/C23H29N3O6S/c1-4-31-20-11-10-18(15-21(20)32-5-2)24-22(27)16-25(3)23(28)17-8-6-9-19(14-17)26-12-7-13-33(26,29)30/h6,8-11,14-15H,4-5,7,12-13,16H2,1-3H3,(H,24,27). The fourth-order valence-corrected chi connectivity index (χ4v) is 5.12. The van der Waals surface area contributed by atoms with Crippen LogP contribution in [-0.2, 0) is 14.8 Å². The van der Waals surface area contributed by atoms with E-state index in [-0.39, 0.29) is 24.1 Å². The largest absolute Gasteiger partial charge is 0.490 e. The molecule has 178 valence electrons. The van der Waals surface area contributed by atoms with Crippen molar-refractivity contribution in [2.45, 2.75) is 20.3 Å². The Morgan fingerprint density at radius 2 is 1.79 bits per heavy atom. The van der Waals surface area contributed by atoms with Gasteiger partial charge in [-0.25, -0.2) is 8.42 Å². The number of ether oxygens (including phenoxy) is 2. The number of nitrogens with one attached hydrogen (secondary N) is 1. The van der Waals surface area contributed by atoms with Crippen LogP contribution in [0.3, 0.4) is 0 Å². The van der Waals surface area contributed by atoms with Crippen molar-refractivity contribution >= 4 is 33.2 Å². The molecule has 2 aromatic carbocycles. The molecule has 0 bridgehead atoms. The second-order valence-corrected chi connectivity index (χ2v) is 9.54. The molecule has 0 unspecified atom stereocenters. The van der Waals surface area contributed by atoms with E-state index in [4.69, 9.17) is 9.47 Å². The van der Waals surface area contributed by atoms with Crippen molar-refractivity contribution in [1.82, 2.24) is 4.90 Å². The summed E-state index contributed by atoms with van der Waals surface area (Å²) < 4.78 is 36.8. The van der Waals surface area contributed by atoms with Crippen molar-refractivity contribution in [1.29, 1.82) is 0 Å². The van der Waals surface area contributed by atoms with Crippen LogP contribution in [0.15, 0.2) is 42.5 Å². The number of benzene rings is 2. The molecule has 9 nitrogen and oxygen atoms in total. The van der Waals surface area contributed by atoms with E-state index in [1.54, 1.807) is 42.5 Å². The molecule has 10 heteroatoms. The molecule has 0 aliphatic carbocycles. The van der Waals surface area contributed by atoms with Crippen LogP contribution in [0.5, 0.6) is 11.5 Å². The van der Waals surface area contributed by atoms with E-state index in [9.17, 15) is 18.0 Å². The third-order valence-corrected chi connectivity index (χ3v) is 6.90. The molecular formula is C23H29N3O6S. The lowest BCUT2D eigenvalue weighted by atomic mass is 10.1. The van der Waals surface area contributed by atoms with Crippen LogP contribution in [0.2, 0.25) is 0 Å². The summed E-state index contributed by atoms with van der Waals surface area (Å²) >= 11 is 0. The van der Waals surface area contributed by atoms with E-state index in [0.717, 1.165) is 0 Å². The van der Waals surface area contributed by atoms with Crippen molar-refractivity contribution in [3.63, 3.8) is 0 Å². The monoisotopic (exact) mass is 475 g/mol. The molecular weight excluding hydrogens is 446 g/mol. The van der Waals surface area contributed by atoms with E-state index in [0.29, 0.717) is 54.6 Å². The summed E-state index contributed by atoms with van der Waals surface area (Å²) in [6.45, 7) is 4.89. The lowest BCUT2D eigenvalue weighted by Gasteiger charge is -2.20. The maximum Gasteiger partial charge on any atom is 0.254 e. The number of carbonyl (C=O) groups is 2. The lowest BCUT2D eigenvalue weighted by molar-refractivity contribution is -0.116. The first-order valence-electron chi connectivity index (χ1n) is 10.8. The van der Waals surface area contributed by atoms with Gasteiger partial charge in [-0.2, -0.15) is 0 Å². The van der Waals surface area contributed by atoms with Gasteiger partial charge in [-0.05, 0) is 50.6 Å². The highest BCUT2D eigenvalue weighted by molar-refractivity contribution is 7.93. The molecule has 1 aliphatic rings. The summed E-state index contributed by atoms with van der Waals surface area (Å²) in [7, 11) is -1.83. The maximum absolute atomic E-state index is 12.9. The van der Waals surface area contributed by atoms with Crippen molar-refractivity contribution in [2.75, 3.05) is 48.7 Å². The Morgan fingerprint density at radius 3 is 2.45 bits per heavy atom. The minimum Gasteiger partial charge on any atom is -0.490 e. The highest BCUT2D eigenvalue weighted by atomic mass is 32.2. The van der Waals surface area contributed by atoms with E-state index >= 15 is 0 Å². The summed E-state index contributed by atoms with van der Waals surface area (Å²) in [5, 5.41) is 2.76. The molecule has 0 atom stereocenters. The molecule has 2 aromatic rings. The molecule has 1 aliphatic heterocycles. The quantitative estimate of drug-likeness (QED) is 0.598. The molecule has 0 spiro atoms. The summed E-state index contributed by atoms with van der Waals surface area (Å²) in [4.78, 5) is 26.7. The highest BCUT2D eigenvalue weighted by Gasteiger charge is 2.29. The Hall–Kier alpha value is -3.27. The van der Waals surface area contributed by atoms with Gasteiger partial charge in [0.2, 0.25) is 15.9 Å². The Labute approximate surface area is 194 Å². The SMILES string of the molecule is CCOc1ccc(NC(=O)CN(C)C(=O)c2cccc(N3CCCS3(=O)=O)c2)cc1OCC. The van der Waals surface area contributed by atoms with Gasteiger partial charge < -0.3 is 19.7 Å². The summed E-state index contributed by atoms with van der Waals surface area (Å²) in [6.07, 6.45) is 0.553. The molecule has 1 saturated heterocycles. The predicted octanol–water partition coefficient (Wildman–Crippen LogP) is 2.73. The van der Waals surface area contributed by atoms with Crippen LogP contribution in [0, 0.1) is 0 Å². The number of rotatable bonds is 9. The van der Waals surface area contributed by atoms with Crippen LogP contribution in [0.1, 0.15) is 30.6 Å². The number of hydrogen-bond donors (Lipinski definition) is 1. The number of sulfonamides is 1. The normalized spacial score (nSPS) is 14.6. The molecule has 1 fully saturated rings. The molecule has 1 N–H and O–H groups in total. The average molecular weight is 476 g/mol. The van der Waals surface area contributed by atoms with Crippen molar-refractivity contribution in [3.05, 3.63) is 48.0 Å². The number of anilines is 2. The first-order valence-corrected chi connectivity index (χ1v) is 12.4. The third-order valence-electron chi connectivity index (χ3n) is 5.03. The number of carbonyl (C=O) groups excluding carboxylic acids is 2. The molecule has 33 heavy (non-hydrogen) atoms. The molecule has 0 saturated carbocycles. The predicted molar refractivity (Wildman–Crippen MR) is 127 cm³/mol. The van der Waals surface area contributed by atoms with Crippen LogP contribution in [0.4, 0.5) is 11.4 Å². The zero-order valence-electron chi connectivity index (χ0n) is 19.0. The lowest BCUT2D eigenvalue weighted by Crippen LogP contribution is -2.35. The van der Waals surface area contributed by atoms with Crippen molar-refractivity contribution in [3.8, 4) is 11.5 Å². The second kappa shape index (κ2) is 10.6. The van der Waals surface area contributed by atoms with Gasteiger partial charge in [-0.1, -0.05) is 6.07 Å². The zero-order chi connectivity index (χ0) is 24.0. The van der Waals surface area contributed by atoms with E-state index in [1.165, 1.54) is 16.3 Å². The van der Waals surface area contributed by atoms with Gasteiger partial charge in [0.1, 0.15) is 0 Å². The first-order chi connectivity index (χ1) is 15.7. The highest BCUT2D eigenvalue weighted by Crippen LogP contribution is 2.30. The Morgan fingerprint density at radius 1 is 1.06 bits per heavy atom. The summed E-state index contributed by atoms with van der Waals surface area (Å²) in [5.74, 6) is 0.447. The fourth-order valence-electron chi connectivity index (χ4n) is 3.56. The van der Waals surface area contributed by atoms with Gasteiger partial charge in [0.15, 0.2) is 11.5 Å². The van der Waals surface area contributed by atoms with Crippen LogP contribution >= 0.6 is 0 Å². The van der Waals surface area contributed by atoms with Crippen LogP contribution < -0.4 is 19.1 Å². The Bertz CT molecular complexity index is 1120. The number of likely N-dealkylation sites (N-methyl/N-ethyl adjacent to an activating group) is 1. The number of amides is 2. The molecule has 0 aromatic heterocycles. The van der Waals surface area contributed by atoms with Gasteiger partial charge >= 0.3 is 0 Å². The van der Waals surface area contributed by atoms with Gasteiger partial charge in [0.05, 0.1) is 31.2 Å². The van der Waals surface area contributed by atoms with Crippen molar-refractivity contribution in [2.24, 2.45) is 0 Å². The zero-order valence-corrected chi connectivity index (χ0v) is 19.9. The van der Waals surface area contributed by atoms with Gasteiger partial charge in [0.25, 0.3) is 5.91 Å². The van der Waals surface area contributed by atoms with E-state index in [1.807, 2.05) is 13.8 Å². The Kier molecular flexibility index (Phi) is 7.80. The average Bonchev–Trinajstić information content (AvgIpc) is 3.14. The minimum atomic E-state index is -3.35. The van der Waals surface area contributed by atoms with Gasteiger partial charge in [-0.15, -0.1) is 0 Å². The number of hydrogen-bond acceptors (Lipinski definition) is 6. The summed E-state index contributed by atoms with van der Waals surface area (Å²) in [6, 6.07) is 11.5. The summed E-state index contributed by atoms with van der Waals surface area (Å²) in [5.41, 5.74) is 1.28.